The third-order valence-corrected chi connectivity index (χ3v) is 2.56. The number of halogens is 1. The first-order valence-electron chi connectivity index (χ1n) is 5.62. The van der Waals surface area contributed by atoms with Crippen LogP contribution in [0.3, 0.4) is 0 Å². The van der Waals surface area contributed by atoms with E-state index in [1.807, 2.05) is 6.07 Å². The molecule has 0 fully saturated rings. The zero-order chi connectivity index (χ0) is 12.0. The zero-order valence-electron chi connectivity index (χ0n) is 9.89. The highest BCUT2D eigenvalue weighted by Gasteiger charge is 2.14. The van der Waals surface area contributed by atoms with Gasteiger partial charge < -0.3 is 5.32 Å². The van der Waals surface area contributed by atoms with Gasteiger partial charge in [0, 0.05) is 18.0 Å². The first-order chi connectivity index (χ1) is 7.70. The molecule has 0 heterocycles. The topological polar surface area (TPSA) is 12.0 Å². The Morgan fingerprint density at radius 1 is 1.50 bits per heavy atom. The Balaban J connectivity index is 2.92. The van der Waals surface area contributed by atoms with Gasteiger partial charge in [-0.1, -0.05) is 25.1 Å². The molecule has 1 nitrogen and oxygen atoms in total. The summed E-state index contributed by atoms with van der Waals surface area (Å²) >= 11 is 0. The average Bonchev–Trinajstić information content (AvgIpc) is 2.28. The third kappa shape index (κ3) is 3.08. The van der Waals surface area contributed by atoms with Crippen LogP contribution >= 0.6 is 0 Å². The van der Waals surface area contributed by atoms with E-state index in [0.29, 0.717) is 17.5 Å². The van der Waals surface area contributed by atoms with Crippen LogP contribution in [0.2, 0.25) is 0 Å². The molecule has 0 aliphatic heterocycles. The number of nitrogens with one attached hydrogen (secondary N) is 1. The molecule has 1 aromatic rings. The molecule has 0 aliphatic rings. The average molecular weight is 219 g/mol. The third-order valence-electron chi connectivity index (χ3n) is 2.56. The van der Waals surface area contributed by atoms with Gasteiger partial charge in [-0.2, -0.15) is 0 Å². The molecule has 1 rings (SSSR count). The Labute approximate surface area is 97.1 Å². The second kappa shape index (κ2) is 6.30. The largest absolute Gasteiger partial charge is 0.309 e. The molecule has 86 valence electrons. The molecule has 1 unspecified atom stereocenters. The van der Waals surface area contributed by atoms with Gasteiger partial charge in [0.15, 0.2) is 0 Å². The lowest BCUT2D eigenvalue weighted by Gasteiger charge is -2.17. The van der Waals surface area contributed by atoms with Crippen molar-refractivity contribution in [2.75, 3.05) is 6.54 Å². The van der Waals surface area contributed by atoms with Gasteiger partial charge in [0.1, 0.15) is 5.82 Å². The van der Waals surface area contributed by atoms with Crippen molar-refractivity contribution in [3.8, 4) is 12.3 Å². The van der Waals surface area contributed by atoms with Crippen LogP contribution in [0, 0.1) is 25.1 Å². The number of terminal acetylenes is 1. The van der Waals surface area contributed by atoms with Gasteiger partial charge in [0.25, 0.3) is 0 Å². The molecular weight excluding hydrogens is 201 g/mol. The Hall–Kier alpha value is -1.33. The molecule has 0 spiro atoms. The summed E-state index contributed by atoms with van der Waals surface area (Å²) in [6.45, 7) is 4.69. The van der Waals surface area contributed by atoms with Crippen LogP contribution in [0.15, 0.2) is 18.2 Å². The minimum Gasteiger partial charge on any atom is -0.309 e. The highest BCUT2D eigenvalue weighted by molar-refractivity contribution is 5.28. The smallest absolute Gasteiger partial charge is 0.130 e. The molecule has 0 saturated heterocycles. The highest BCUT2D eigenvalue weighted by Crippen LogP contribution is 2.21. The van der Waals surface area contributed by atoms with E-state index >= 15 is 0 Å². The van der Waals surface area contributed by atoms with Crippen LogP contribution in [0.5, 0.6) is 0 Å². The van der Waals surface area contributed by atoms with Crippen LogP contribution in [0.1, 0.15) is 36.9 Å². The van der Waals surface area contributed by atoms with Gasteiger partial charge in [-0.15, -0.1) is 12.3 Å². The van der Waals surface area contributed by atoms with Gasteiger partial charge in [-0.05, 0) is 25.5 Å². The number of rotatable bonds is 5. The molecule has 1 atom stereocenters. The summed E-state index contributed by atoms with van der Waals surface area (Å²) in [4.78, 5) is 0. The number of benzene rings is 1. The van der Waals surface area contributed by atoms with Crippen LogP contribution in [0.4, 0.5) is 4.39 Å². The maximum atomic E-state index is 13.9. The summed E-state index contributed by atoms with van der Waals surface area (Å²) in [5.74, 6) is 2.45. The number of hydrogen-bond donors (Lipinski definition) is 1. The fourth-order valence-electron chi connectivity index (χ4n) is 1.67. The van der Waals surface area contributed by atoms with Crippen molar-refractivity contribution in [2.24, 2.45) is 0 Å². The van der Waals surface area contributed by atoms with Crippen molar-refractivity contribution in [3.63, 3.8) is 0 Å². The van der Waals surface area contributed by atoms with E-state index in [9.17, 15) is 4.39 Å². The monoisotopic (exact) mass is 219 g/mol. The Morgan fingerprint density at radius 2 is 2.25 bits per heavy atom. The van der Waals surface area contributed by atoms with E-state index < -0.39 is 0 Å². The van der Waals surface area contributed by atoms with E-state index in [-0.39, 0.29) is 11.9 Å². The van der Waals surface area contributed by atoms with E-state index in [4.69, 9.17) is 6.42 Å². The molecule has 16 heavy (non-hydrogen) atoms. The predicted octanol–water partition coefficient (Wildman–Crippen LogP) is 3.20. The highest BCUT2D eigenvalue weighted by atomic mass is 19.1. The van der Waals surface area contributed by atoms with E-state index in [2.05, 4.69) is 18.2 Å². The second-order valence-corrected chi connectivity index (χ2v) is 3.89. The summed E-state index contributed by atoms with van der Waals surface area (Å²) in [5.41, 5.74) is 1.34. The molecule has 0 bridgehead atoms. The second-order valence-electron chi connectivity index (χ2n) is 3.89. The van der Waals surface area contributed by atoms with Gasteiger partial charge in [-0.3, -0.25) is 0 Å². The molecular formula is C14H18FN. The summed E-state index contributed by atoms with van der Waals surface area (Å²) in [7, 11) is 0. The summed E-state index contributed by atoms with van der Waals surface area (Å²) in [6.07, 6.45) is 6.84. The van der Waals surface area contributed by atoms with E-state index in [1.54, 1.807) is 19.1 Å². The lowest BCUT2D eigenvalue weighted by atomic mass is 10.0. The first kappa shape index (κ1) is 12.7. The lowest BCUT2D eigenvalue weighted by Crippen LogP contribution is -2.23. The molecule has 2 heteroatoms. The van der Waals surface area contributed by atoms with Crippen molar-refractivity contribution in [1.29, 1.82) is 0 Å². The normalized spacial score (nSPS) is 12.1. The first-order valence-corrected chi connectivity index (χ1v) is 5.62. The SMILES string of the molecule is C#CCC(NCCC)c1cccc(C)c1F. The van der Waals surface area contributed by atoms with Crippen LogP contribution < -0.4 is 5.32 Å². The van der Waals surface area contributed by atoms with Gasteiger partial charge in [0.2, 0.25) is 0 Å². The Bertz CT molecular complexity index is 379. The zero-order valence-corrected chi connectivity index (χ0v) is 9.89. The predicted molar refractivity (Wildman–Crippen MR) is 65.6 cm³/mol. The van der Waals surface area contributed by atoms with Crippen molar-refractivity contribution >= 4 is 0 Å². The van der Waals surface area contributed by atoms with Gasteiger partial charge in [-0.25, -0.2) is 4.39 Å². The van der Waals surface area contributed by atoms with Crippen molar-refractivity contribution in [3.05, 3.63) is 35.1 Å². The van der Waals surface area contributed by atoms with E-state index in [0.717, 1.165) is 13.0 Å². The summed E-state index contributed by atoms with van der Waals surface area (Å²) in [5, 5.41) is 3.27. The van der Waals surface area contributed by atoms with Crippen LogP contribution in [-0.4, -0.2) is 6.54 Å². The van der Waals surface area contributed by atoms with E-state index in [1.165, 1.54) is 0 Å². The summed E-state index contributed by atoms with van der Waals surface area (Å²) in [6, 6.07) is 5.36. The minimum atomic E-state index is -0.147. The molecule has 0 amide bonds. The molecule has 0 radical (unpaired) electrons. The van der Waals surface area contributed by atoms with Crippen LogP contribution in [0.25, 0.3) is 0 Å². The van der Waals surface area contributed by atoms with Crippen molar-refractivity contribution < 1.29 is 4.39 Å². The lowest BCUT2D eigenvalue weighted by molar-refractivity contribution is 0.504. The quantitative estimate of drug-likeness (QED) is 0.750. The fourth-order valence-corrected chi connectivity index (χ4v) is 1.67. The standard InChI is InChI=1S/C14H18FN/c1-4-7-13(16-10-5-2)12-9-6-8-11(3)14(12)15/h1,6,8-9,13,16H,5,7,10H2,2-3H3. The maximum Gasteiger partial charge on any atom is 0.130 e. The van der Waals surface area contributed by atoms with Gasteiger partial charge >= 0.3 is 0 Å². The van der Waals surface area contributed by atoms with Crippen molar-refractivity contribution in [2.45, 2.75) is 32.7 Å². The minimum absolute atomic E-state index is 0.0788. The Kier molecular flexibility index (Phi) is 5.01. The van der Waals surface area contributed by atoms with Gasteiger partial charge in [0.05, 0.1) is 0 Å². The molecule has 1 N–H and O–H groups in total. The van der Waals surface area contributed by atoms with Crippen molar-refractivity contribution in [1.82, 2.24) is 5.32 Å². The molecule has 1 aromatic carbocycles. The fraction of sp³-hybridized carbons (Fsp3) is 0.429. The van der Waals surface area contributed by atoms with Crippen LogP contribution in [-0.2, 0) is 0 Å². The molecule has 0 aromatic heterocycles. The number of aryl methyl sites for hydroxylation is 1. The molecule has 0 saturated carbocycles. The maximum absolute atomic E-state index is 13.9. The number of hydrogen-bond acceptors (Lipinski definition) is 1. The molecule has 0 aliphatic carbocycles. The summed E-state index contributed by atoms with van der Waals surface area (Å²) < 4.78 is 13.9. The Morgan fingerprint density at radius 3 is 2.88 bits per heavy atom.